The van der Waals surface area contributed by atoms with E-state index in [0.29, 0.717) is 25.3 Å². The quantitative estimate of drug-likeness (QED) is 0.777. The minimum absolute atomic E-state index is 0.150. The number of hydrogen-bond donors (Lipinski definition) is 0. The lowest BCUT2D eigenvalue weighted by atomic mass is 10.1. The Morgan fingerprint density at radius 3 is 2.80 bits per heavy atom. The molecule has 0 spiro atoms. The van der Waals surface area contributed by atoms with Gasteiger partial charge in [0.1, 0.15) is 5.82 Å². The van der Waals surface area contributed by atoms with Crippen molar-refractivity contribution in [2.45, 2.75) is 19.9 Å². The molecule has 1 saturated heterocycles. The summed E-state index contributed by atoms with van der Waals surface area (Å²) in [7, 11) is 0. The highest BCUT2D eigenvalue weighted by Crippen LogP contribution is 2.18. The first kappa shape index (κ1) is 17.3. The number of nitrogens with zero attached hydrogens (tertiary/aromatic N) is 2. The van der Waals surface area contributed by atoms with Crippen LogP contribution in [0.1, 0.15) is 23.8 Å². The summed E-state index contributed by atoms with van der Waals surface area (Å²) in [5.41, 5.74) is 0.0271. The third-order valence-electron chi connectivity index (χ3n) is 4.06. The molecule has 0 saturated carbocycles. The van der Waals surface area contributed by atoms with Gasteiger partial charge in [0.15, 0.2) is 0 Å². The molecule has 1 aromatic heterocycles. The molecular weight excluding hydrogens is 327 g/mol. The van der Waals surface area contributed by atoms with Gasteiger partial charge in [-0.3, -0.25) is 9.48 Å². The van der Waals surface area contributed by atoms with Gasteiger partial charge < -0.3 is 9.47 Å². The highest BCUT2D eigenvalue weighted by molar-refractivity contribution is 5.88. The molecule has 1 aliphatic heterocycles. The Balaban J connectivity index is 2.05. The molecule has 1 unspecified atom stereocenters. The van der Waals surface area contributed by atoms with Gasteiger partial charge in [-0.15, -0.1) is 0 Å². The summed E-state index contributed by atoms with van der Waals surface area (Å²) in [4.78, 5) is 24.8. The topological polar surface area (TPSA) is 70.4 Å². The zero-order valence-corrected chi connectivity index (χ0v) is 13.9. The van der Waals surface area contributed by atoms with Crippen molar-refractivity contribution in [1.82, 2.24) is 9.78 Å². The van der Waals surface area contributed by atoms with Gasteiger partial charge in [-0.25, -0.2) is 9.18 Å². The first-order valence-electron chi connectivity index (χ1n) is 8.21. The van der Waals surface area contributed by atoms with Crippen LogP contribution in [-0.2, 0) is 16.0 Å². The predicted octanol–water partition coefficient (Wildman–Crippen LogP) is 2.26. The van der Waals surface area contributed by atoms with Crippen LogP contribution >= 0.6 is 0 Å². The fourth-order valence-electron chi connectivity index (χ4n) is 2.79. The zero-order valence-electron chi connectivity index (χ0n) is 13.9. The highest BCUT2D eigenvalue weighted by Gasteiger charge is 2.21. The number of aromatic nitrogens is 2. The second-order valence-corrected chi connectivity index (χ2v) is 5.90. The Labute approximate surface area is 144 Å². The summed E-state index contributed by atoms with van der Waals surface area (Å²) in [5, 5.41) is 4.16. The summed E-state index contributed by atoms with van der Waals surface area (Å²) in [5.74, 6) is -0.883. The summed E-state index contributed by atoms with van der Waals surface area (Å²) >= 11 is 0. The van der Waals surface area contributed by atoms with Crippen molar-refractivity contribution in [3.63, 3.8) is 0 Å². The summed E-state index contributed by atoms with van der Waals surface area (Å²) in [6, 6.07) is 5.55. The number of rotatable bonds is 5. The van der Waals surface area contributed by atoms with Crippen molar-refractivity contribution < 1.29 is 18.7 Å². The number of esters is 1. The molecule has 0 bridgehead atoms. The average Bonchev–Trinajstić information content (AvgIpc) is 3.10. The van der Waals surface area contributed by atoms with Gasteiger partial charge in [-0.1, -0.05) is 12.1 Å². The van der Waals surface area contributed by atoms with Crippen molar-refractivity contribution in [2.24, 2.45) is 5.92 Å². The van der Waals surface area contributed by atoms with Crippen LogP contribution in [0.25, 0.3) is 11.1 Å². The van der Waals surface area contributed by atoms with Gasteiger partial charge in [0.25, 0.3) is 0 Å². The fourth-order valence-corrected chi connectivity index (χ4v) is 2.79. The number of halogens is 1. The van der Waals surface area contributed by atoms with Gasteiger partial charge in [0.05, 0.1) is 13.2 Å². The second-order valence-electron chi connectivity index (χ2n) is 5.90. The number of benzene rings is 1. The van der Waals surface area contributed by atoms with Crippen LogP contribution in [0, 0.1) is 11.7 Å². The lowest BCUT2D eigenvalue weighted by molar-refractivity contribution is 0.0514. The smallest absolute Gasteiger partial charge is 0.362 e. The van der Waals surface area contributed by atoms with Crippen LogP contribution in [0.3, 0.4) is 0 Å². The lowest BCUT2D eigenvalue weighted by Gasteiger charge is -2.13. The number of hydrogen-bond acceptors (Lipinski definition) is 5. The largest absolute Gasteiger partial charge is 0.461 e. The van der Waals surface area contributed by atoms with Crippen LogP contribution in [0.5, 0.6) is 0 Å². The molecule has 1 aliphatic rings. The standard InChI is InChI=1S/C18H19FN2O4/c1-2-25-18(23)16-17(22)15(13-3-5-14(19)6-4-13)10-21(20-16)9-12-7-8-24-11-12/h3-6,10,12H,2,7-9,11H2,1H3. The maximum absolute atomic E-state index is 13.2. The maximum atomic E-state index is 13.2. The number of ether oxygens (including phenoxy) is 2. The molecule has 7 heteroatoms. The highest BCUT2D eigenvalue weighted by atomic mass is 19.1. The average molecular weight is 346 g/mol. The zero-order chi connectivity index (χ0) is 17.8. The van der Waals surface area contributed by atoms with Crippen LogP contribution in [-0.4, -0.2) is 35.6 Å². The van der Waals surface area contributed by atoms with E-state index in [1.807, 2.05) is 0 Å². The van der Waals surface area contributed by atoms with E-state index in [9.17, 15) is 14.0 Å². The maximum Gasteiger partial charge on any atom is 0.362 e. The van der Waals surface area contributed by atoms with Crippen molar-refractivity contribution >= 4 is 5.97 Å². The van der Waals surface area contributed by atoms with E-state index < -0.39 is 17.2 Å². The van der Waals surface area contributed by atoms with E-state index in [-0.39, 0.29) is 23.8 Å². The minimum atomic E-state index is -0.757. The molecule has 2 aromatic rings. The molecule has 6 nitrogen and oxygen atoms in total. The SMILES string of the molecule is CCOC(=O)c1nn(CC2CCOC2)cc(-c2ccc(F)cc2)c1=O. The van der Waals surface area contributed by atoms with Crippen molar-refractivity contribution in [1.29, 1.82) is 0 Å². The molecule has 132 valence electrons. The van der Waals surface area contributed by atoms with Gasteiger partial charge in [0, 0.05) is 30.8 Å². The second kappa shape index (κ2) is 7.57. The van der Waals surface area contributed by atoms with Crippen LogP contribution in [0.4, 0.5) is 4.39 Å². The molecule has 0 radical (unpaired) electrons. The minimum Gasteiger partial charge on any atom is -0.461 e. The Bertz CT molecular complexity index is 811. The molecular formula is C18H19FN2O4. The Morgan fingerprint density at radius 1 is 1.40 bits per heavy atom. The lowest BCUT2D eigenvalue weighted by Crippen LogP contribution is -2.26. The summed E-state index contributed by atoms with van der Waals surface area (Å²) in [6.45, 7) is 3.66. The summed E-state index contributed by atoms with van der Waals surface area (Å²) in [6.07, 6.45) is 2.49. The van der Waals surface area contributed by atoms with Crippen molar-refractivity contribution in [3.8, 4) is 11.1 Å². The third kappa shape index (κ3) is 3.93. The molecule has 0 amide bonds. The molecule has 3 rings (SSSR count). The molecule has 0 N–H and O–H groups in total. The Hall–Kier alpha value is -2.54. The van der Waals surface area contributed by atoms with E-state index in [1.165, 1.54) is 24.3 Å². The third-order valence-corrected chi connectivity index (χ3v) is 4.06. The van der Waals surface area contributed by atoms with Crippen molar-refractivity contribution in [3.05, 3.63) is 52.2 Å². The summed E-state index contributed by atoms with van der Waals surface area (Å²) < 4.78 is 25.1. The first-order chi connectivity index (χ1) is 12.1. The van der Waals surface area contributed by atoms with Crippen molar-refractivity contribution in [2.75, 3.05) is 19.8 Å². The van der Waals surface area contributed by atoms with Gasteiger partial charge in [-0.05, 0) is 31.0 Å². The van der Waals surface area contributed by atoms with E-state index >= 15 is 0 Å². The van der Waals surface area contributed by atoms with E-state index in [0.717, 1.165) is 6.42 Å². The fraction of sp³-hybridized carbons (Fsp3) is 0.389. The van der Waals surface area contributed by atoms with Gasteiger partial charge >= 0.3 is 5.97 Å². The van der Waals surface area contributed by atoms with Gasteiger partial charge in [-0.2, -0.15) is 5.10 Å². The van der Waals surface area contributed by atoms with Crippen LogP contribution < -0.4 is 5.43 Å². The van der Waals surface area contributed by atoms with E-state index in [1.54, 1.807) is 17.8 Å². The monoisotopic (exact) mass is 346 g/mol. The number of carbonyl (C=O) groups is 1. The van der Waals surface area contributed by atoms with Gasteiger partial charge in [0.2, 0.25) is 11.1 Å². The first-order valence-corrected chi connectivity index (χ1v) is 8.21. The molecule has 1 atom stereocenters. The molecule has 25 heavy (non-hydrogen) atoms. The molecule has 2 heterocycles. The van der Waals surface area contributed by atoms with E-state index in [2.05, 4.69) is 5.10 Å². The number of carbonyl (C=O) groups excluding carboxylic acids is 1. The Kier molecular flexibility index (Phi) is 5.23. The predicted molar refractivity (Wildman–Crippen MR) is 88.8 cm³/mol. The Morgan fingerprint density at radius 2 is 2.16 bits per heavy atom. The molecule has 1 aromatic carbocycles. The van der Waals surface area contributed by atoms with E-state index in [4.69, 9.17) is 9.47 Å². The molecule has 1 fully saturated rings. The van der Waals surface area contributed by atoms with Crippen LogP contribution in [0.15, 0.2) is 35.3 Å². The molecule has 0 aliphatic carbocycles. The normalized spacial score (nSPS) is 16.8. The van der Waals surface area contributed by atoms with Crippen LogP contribution in [0.2, 0.25) is 0 Å².